The summed E-state index contributed by atoms with van der Waals surface area (Å²) in [6, 6.07) is 11.2. The van der Waals surface area contributed by atoms with Crippen molar-refractivity contribution in [1.82, 2.24) is 0 Å². The van der Waals surface area contributed by atoms with Gasteiger partial charge in [-0.1, -0.05) is 30.3 Å². The van der Waals surface area contributed by atoms with Crippen LogP contribution in [0.2, 0.25) is 0 Å². The second-order valence-electron chi connectivity index (χ2n) is 7.02. The molecule has 0 unspecified atom stereocenters. The molecular formula is C23H23N3O7. The molecular weight excluding hydrogens is 430 g/mol. The summed E-state index contributed by atoms with van der Waals surface area (Å²) in [4.78, 5) is 55.6. The predicted octanol–water partition coefficient (Wildman–Crippen LogP) is 2.38. The Labute approximate surface area is 190 Å². The van der Waals surface area contributed by atoms with E-state index in [1.54, 1.807) is 17.0 Å². The summed E-state index contributed by atoms with van der Waals surface area (Å²) in [6.45, 7) is 2.00. The molecule has 1 heterocycles. The first-order valence-corrected chi connectivity index (χ1v) is 10.1. The van der Waals surface area contributed by atoms with Crippen molar-refractivity contribution in [2.45, 2.75) is 13.3 Å². The number of nitrogens with one attached hydrogen (secondary N) is 1. The Bertz CT molecular complexity index is 1090. The molecule has 1 aliphatic rings. The molecule has 1 N–H and O–H groups in total. The summed E-state index contributed by atoms with van der Waals surface area (Å²) in [7, 11) is 2.39. The van der Waals surface area contributed by atoms with E-state index in [9.17, 15) is 19.2 Å². The van der Waals surface area contributed by atoms with Crippen LogP contribution in [0.25, 0.3) is 0 Å². The van der Waals surface area contributed by atoms with Gasteiger partial charge >= 0.3 is 11.9 Å². The number of nitrogens with zero attached hydrogens (tertiary/aromatic N) is 2. The third kappa shape index (κ3) is 5.17. The van der Waals surface area contributed by atoms with E-state index in [0.29, 0.717) is 12.1 Å². The maximum atomic E-state index is 12.7. The van der Waals surface area contributed by atoms with Gasteiger partial charge in [-0.15, -0.1) is 0 Å². The van der Waals surface area contributed by atoms with Crippen molar-refractivity contribution in [2.24, 2.45) is 5.16 Å². The van der Waals surface area contributed by atoms with E-state index in [1.165, 1.54) is 32.4 Å². The molecule has 0 radical (unpaired) electrons. The number of oxime groups is 1. The van der Waals surface area contributed by atoms with Gasteiger partial charge in [-0.3, -0.25) is 9.59 Å². The Hall–Kier alpha value is -4.21. The van der Waals surface area contributed by atoms with Gasteiger partial charge < -0.3 is 24.5 Å². The van der Waals surface area contributed by atoms with Crippen molar-refractivity contribution in [3.8, 4) is 0 Å². The molecule has 0 aromatic heterocycles. The SMILES string of the molecule is CCCN1C(=O)/C(=N\OCC(=O)Nc2cc(C(=O)OC)cc(C(=O)OC)c2)c2ccccc21. The monoisotopic (exact) mass is 453 g/mol. The van der Waals surface area contributed by atoms with Crippen LogP contribution in [-0.2, 0) is 23.9 Å². The molecule has 33 heavy (non-hydrogen) atoms. The highest BCUT2D eigenvalue weighted by Crippen LogP contribution is 2.29. The van der Waals surface area contributed by atoms with Crippen LogP contribution < -0.4 is 10.2 Å². The highest BCUT2D eigenvalue weighted by molar-refractivity contribution is 6.54. The number of amides is 2. The fourth-order valence-electron chi connectivity index (χ4n) is 3.32. The number of fused-ring (bicyclic) bond motifs is 1. The van der Waals surface area contributed by atoms with Crippen molar-refractivity contribution >= 4 is 40.8 Å². The lowest BCUT2D eigenvalue weighted by atomic mass is 10.1. The van der Waals surface area contributed by atoms with Gasteiger partial charge in [0.25, 0.3) is 11.8 Å². The lowest BCUT2D eigenvalue weighted by Gasteiger charge is -2.14. The van der Waals surface area contributed by atoms with E-state index in [4.69, 9.17) is 4.84 Å². The minimum atomic E-state index is -0.686. The normalized spacial score (nSPS) is 13.5. The van der Waals surface area contributed by atoms with E-state index >= 15 is 0 Å². The number of carbonyl (C=O) groups excluding carboxylic acids is 4. The first-order chi connectivity index (χ1) is 15.9. The van der Waals surface area contributed by atoms with Crippen LogP contribution in [-0.4, -0.2) is 56.8 Å². The Morgan fingerprint density at radius 1 is 1.00 bits per heavy atom. The van der Waals surface area contributed by atoms with Gasteiger partial charge in [-0.2, -0.15) is 0 Å². The van der Waals surface area contributed by atoms with Crippen LogP contribution in [0.3, 0.4) is 0 Å². The number of hydrogen-bond acceptors (Lipinski definition) is 8. The van der Waals surface area contributed by atoms with Gasteiger partial charge in [0.05, 0.1) is 31.0 Å². The molecule has 0 atom stereocenters. The standard InChI is InChI=1S/C23H23N3O7/c1-4-9-26-18-8-6-5-7-17(18)20(21(26)28)25-33-13-19(27)24-16-11-14(22(29)31-2)10-15(12-16)23(30)32-3/h5-8,10-12H,4,9,13H2,1-3H3,(H,24,27)/b25-20-. The second kappa shape index (κ2) is 10.4. The predicted molar refractivity (Wildman–Crippen MR) is 119 cm³/mol. The number of para-hydroxylation sites is 1. The van der Waals surface area contributed by atoms with Crippen molar-refractivity contribution < 1.29 is 33.5 Å². The molecule has 172 valence electrons. The number of hydrogen-bond donors (Lipinski definition) is 1. The lowest BCUT2D eigenvalue weighted by Crippen LogP contribution is -2.31. The second-order valence-corrected chi connectivity index (χ2v) is 7.02. The van der Waals surface area contributed by atoms with E-state index < -0.39 is 24.5 Å². The van der Waals surface area contributed by atoms with Gasteiger partial charge in [0.2, 0.25) is 0 Å². The third-order valence-corrected chi connectivity index (χ3v) is 4.76. The maximum Gasteiger partial charge on any atom is 0.337 e. The summed E-state index contributed by atoms with van der Waals surface area (Å²) in [5.74, 6) is -2.28. The molecule has 1 aliphatic heterocycles. The zero-order valence-electron chi connectivity index (χ0n) is 18.4. The Kier molecular flexibility index (Phi) is 7.39. The molecule has 2 aromatic rings. The molecule has 0 spiro atoms. The molecule has 3 rings (SSSR count). The summed E-state index contributed by atoms with van der Waals surface area (Å²) in [5, 5.41) is 6.42. The summed E-state index contributed by atoms with van der Waals surface area (Å²) in [6.07, 6.45) is 0.773. The topological polar surface area (TPSA) is 124 Å². The minimum Gasteiger partial charge on any atom is -0.465 e. The van der Waals surface area contributed by atoms with Gasteiger partial charge in [0.1, 0.15) is 0 Å². The summed E-state index contributed by atoms with van der Waals surface area (Å²) in [5.41, 5.74) is 1.77. The van der Waals surface area contributed by atoms with Crippen molar-refractivity contribution in [3.05, 3.63) is 59.2 Å². The van der Waals surface area contributed by atoms with Crippen LogP contribution in [0.4, 0.5) is 11.4 Å². The fourth-order valence-corrected chi connectivity index (χ4v) is 3.32. The van der Waals surface area contributed by atoms with Crippen molar-refractivity contribution in [3.63, 3.8) is 0 Å². The Balaban J connectivity index is 1.72. The highest BCUT2D eigenvalue weighted by atomic mass is 16.6. The number of carbonyl (C=O) groups is 4. The Morgan fingerprint density at radius 3 is 2.24 bits per heavy atom. The molecule has 0 fully saturated rings. The van der Waals surface area contributed by atoms with E-state index in [-0.39, 0.29) is 28.4 Å². The van der Waals surface area contributed by atoms with Crippen LogP contribution in [0.1, 0.15) is 39.6 Å². The molecule has 2 amide bonds. The zero-order valence-corrected chi connectivity index (χ0v) is 18.4. The first-order valence-electron chi connectivity index (χ1n) is 10.1. The minimum absolute atomic E-state index is 0.0565. The Morgan fingerprint density at radius 2 is 1.64 bits per heavy atom. The average Bonchev–Trinajstić information content (AvgIpc) is 3.09. The number of benzene rings is 2. The van der Waals surface area contributed by atoms with E-state index in [1.807, 2.05) is 19.1 Å². The van der Waals surface area contributed by atoms with Gasteiger partial charge in [-0.25, -0.2) is 9.59 Å². The lowest BCUT2D eigenvalue weighted by molar-refractivity contribution is -0.121. The molecule has 0 aliphatic carbocycles. The molecule has 0 saturated heterocycles. The van der Waals surface area contributed by atoms with Gasteiger partial charge in [0.15, 0.2) is 12.3 Å². The van der Waals surface area contributed by atoms with E-state index in [0.717, 1.165) is 12.1 Å². The average molecular weight is 453 g/mol. The van der Waals surface area contributed by atoms with Gasteiger partial charge in [0, 0.05) is 17.8 Å². The smallest absolute Gasteiger partial charge is 0.337 e. The number of methoxy groups -OCH3 is 2. The largest absolute Gasteiger partial charge is 0.465 e. The summed E-state index contributed by atoms with van der Waals surface area (Å²) >= 11 is 0. The quantitative estimate of drug-likeness (QED) is 0.481. The van der Waals surface area contributed by atoms with E-state index in [2.05, 4.69) is 19.9 Å². The highest BCUT2D eigenvalue weighted by Gasteiger charge is 2.33. The first kappa shape index (κ1) is 23.5. The van der Waals surface area contributed by atoms with Crippen molar-refractivity contribution in [2.75, 3.05) is 37.6 Å². The number of rotatable bonds is 8. The van der Waals surface area contributed by atoms with Crippen LogP contribution in [0.15, 0.2) is 47.6 Å². The third-order valence-electron chi connectivity index (χ3n) is 4.76. The summed E-state index contributed by atoms with van der Waals surface area (Å²) < 4.78 is 9.34. The number of esters is 2. The van der Waals surface area contributed by atoms with Crippen molar-refractivity contribution in [1.29, 1.82) is 0 Å². The fraction of sp³-hybridized carbons (Fsp3) is 0.261. The molecule has 0 bridgehead atoms. The maximum absolute atomic E-state index is 12.7. The zero-order chi connectivity index (χ0) is 24.0. The molecule has 10 heteroatoms. The molecule has 0 saturated carbocycles. The van der Waals surface area contributed by atoms with Crippen LogP contribution >= 0.6 is 0 Å². The number of anilines is 2. The van der Waals surface area contributed by atoms with Crippen LogP contribution in [0.5, 0.6) is 0 Å². The van der Waals surface area contributed by atoms with Crippen LogP contribution in [0, 0.1) is 0 Å². The molecule has 10 nitrogen and oxygen atoms in total. The molecule has 2 aromatic carbocycles. The number of ether oxygens (including phenoxy) is 2. The van der Waals surface area contributed by atoms with Gasteiger partial charge in [-0.05, 0) is 30.7 Å².